The molecule has 1 aliphatic rings. The zero-order valence-corrected chi connectivity index (χ0v) is 21.1. The van der Waals surface area contributed by atoms with Gasteiger partial charge >= 0.3 is 0 Å². The van der Waals surface area contributed by atoms with E-state index in [1.54, 1.807) is 35.2 Å². The van der Waals surface area contributed by atoms with Gasteiger partial charge in [0.2, 0.25) is 0 Å². The molecule has 3 aromatic rings. The summed E-state index contributed by atoms with van der Waals surface area (Å²) in [6, 6.07) is 18.1. The van der Waals surface area contributed by atoms with E-state index in [1.165, 1.54) is 18.2 Å². The van der Waals surface area contributed by atoms with E-state index in [2.05, 4.69) is 5.32 Å². The first-order valence-corrected chi connectivity index (χ1v) is 12.2. The molecular weight excluding hydrogens is 481 g/mol. The van der Waals surface area contributed by atoms with E-state index < -0.39 is 5.82 Å². The number of amides is 2. The summed E-state index contributed by atoms with van der Waals surface area (Å²) in [5.74, 6) is -1.06. The lowest BCUT2D eigenvalue weighted by molar-refractivity contribution is 0.0507. The predicted molar refractivity (Wildman–Crippen MR) is 140 cm³/mol. The van der Waals surface area contributed by atoms with Crippen LogP contribution >= 0.6 is 11.6 Å². The van der Waals surface area contributed by atoms with Gasteiger partial charge in [-0.2, -0.15) is 0 Å². The van der Waals surface area contributed by atoms with Crippen molar-refractivity contribution < 1.29 is 18.7 Å². The van der Waals surface area contributed by atoms with Gasteiger partial charge in [-0.3, -0.25) is 9.59 Å². The lowest BCUT2D eigenvalue weighted by Crippen LogP contribution is -2.37. The van der Waals surface area contributed by atoms with Gasteiger partial charge in [0.1, 0.15) is 5.82 Å². The van der Waals surface area contributed by atoms with Crippen LogP contribution in [0.3, 0.4) is 0 Å². The van der Waals surface area contributed by atoms with E-state index in [0.717, 1.165) is 24.1 Å². The molecule has 0 saturated carbocycles. The molecule has 0 bridgehead atoms. The molecule has 1 N–H and O–H groups in total. The Morgan fingerprint density at radius 1 is 1.08 bits per heavy atom. The monoisotopic (exact) mass is 509 g/mol. The van der Waals surface area contributed by atoms with Crippen molar-refractivity contribution in [3.8, 4) is 0 Å². The minimum Gasteiger partial charge on any atom is -0.377 e. The van der Waals surface area contributed by atoms with Crippen LogP contribution in [-0.2, 0) is 11.3 Å². The molecule has 8 heteroatoms. The van der Waals surface area contributed by atoms with Crippen molar-refractivity contribution in [1.82, 2.24) is 4.90 Å². The lowest BCUT2D eigenvalue weighted by Gasteiger charge is -2.28. The Hall–Kier alpha value is -3.42. The number of benzene rings is 3. The Kier molecular flexibility index (Phi) is 8.23. The van der Waals surface area contributed by atoms with Crippen LogP contribution in [0.25, 0.3) is 0 Å². The Balaban J connectivity index is 1.63. The fourth-order valence-corrected chi connectivity index (χ4v) is 4.55. The molecule has 3 aromatic carbocycles. The quantitative estimate of drug-likeness (QED) is 0.428. The Morgan fingerprint density at radius 2 is 1.89 bits per heavy atom. The van der Waals surface area contributed by atoms with E-state index in [4.69, 9.17) is 16.3 Å². The number of hydrogen-bond acceptors (Lipinski definition) is 4. The maximum absolute atomic E-state index is 13.9. The second-order valence-electron chi connectivity index (χ2n) is 9.00. The molecule has 2 amide bonds. The van der Waals surface area contributed by atoms with Crippen molar-refractivity contribution in [2.24, 2.45) is 0 Å². The molecule has 1 saturated heterocycles. The molecule has 0 radical (unpaired) electrons. The van der Waals surface area contributed by atoms with Crippen molar-refractivity contribution >= 4 is 34.8 Å². The highest BCUT2D eigenvalue weighted by Crippen LogP contribution is 2.27. The minimum atomic E-state index is -0.462. The average molecular weight is 510 g/mol. The van der Waals surface area contributed by atoms with Crippen molar-refractivity contribution in [2.75, 3.05) is 37.5 Å². The van der Waals surface area contributed by atoms with Crippen molar-refractivity contribution in [3.63, 3.8) is 0 Å². The first kappa shape index (κ1) is 25.7. The summed E-state index contributed by atoms with van der Waals surface area (Å²) in [5.41, 5.74) is 2.96. The Labute approximate surface area is 215 Å². The predicted octanol–water partition coefficient (Wildman–Crippen LogP) is 5.62. The number of rotatable bonds is 8. The third-order valence-electron chi connectivity index (χ3n) is 6.11. The molecule has 1 heterocycles. The van der Waals surface area contributed by atoms with E-state index in [1.807, 2.05) is 37.2 Å². The fraction of sp³-hybridized carbons (Fsp3) is 0.286. The van der Waals surface area contributed by atoms with E-state index in [9.17, 15) is 14.0 Å². The summed E-state index contributed by atoms with van der Waals surface area (Å²) in [5, 5.41) is 3.27. The maximum Gasteiger partial charge on any atom is 0.257 e. The van der Waals surface area contributed by atoms with Gasteiger partial charge in [0.15, 0.2) is 0 Å². The molecule has 0 aliphatic carbocycles. The molecule has 0 aromatic heterocycles. The number of nitrogens with one attached hydrogen (secondary N) is 1. The van der Waals surface area contributed by atoms with Gasteiger partial charge in [0, 0.05) is 50.7 Å². The number of carbonyl (C=O) groups is 2. The number of halogens is 2. The third kappa shape index (κ3) is 6.22. The molecule has 4 rings (SSSR count). The summed E-state index contributed by atoms with van der Waals surface area (Å²) in [7, 11) is 3.83. The van der Waals surface area contributed by atoms with Gasteiger partial charge in [-0.05, 0) is 66.9 Å². The Bertz CT molecular complexity index is 1240. The fourth-order valence-electron chi connectivity index (χ4n) is 4.33. The van der Waals surface area contributed by atoms with E-state index in [-0.39, 0.29) is 30.0 Å². The van der Waals surface area contributed by atoms with Crippen LogP contribution < -0.4 is 10.2 Å². The number of hydrogen-bond donors (Lipinski definition) is 1. The van der Waals surface area contributed by atoms with Crippen LogP contribution in [0, 0.1) is 5.82 Å². The van der Waals surface area contributed by atoms with Gasteiger partial charge in [-0.1, -0.05) is 29.8 Å². The molecule has 36 heavy (non-hydrogen) atoms. The van der Waals surface area contributed by atoms with Crippen LogP contribution in [0.15, 0.2) is 66.7 Å². The smallest absolute Gasteiger partial charge is 0.257 e. The van der Waals surface area contributed by atoms with Crippen LogP contribution in [-0.4, -0.2) is 50.1 Å². The molecule has 0 spiro atoms. The van der Waals surface area contributed by atoms with Gasteiger partial charge in [0.25, 0.3) is 11.8 Å². The SMILES string of the molecule is CN(C)c1ccc(NC(=O)c2ccccc2Cl)cc1CN(C[C@@H]1CCCO1)C(=O)c1cccc(F)c1. The third-order valence-corrected chi connectivity index (χ3v) is 6.44. The zero-order valence-electron chi connectivity index (χ0n) is 20.3. The minimum absolute atomic E-state index is 0.0755. The van der Waals surface area contributed by atoms with Crippen molar-refractivity contribution in [1.29, 1.82) is 0 Å². The summed E-state index contributed by atoms with van der Waals surface area (Å²) >= 11 is 6.19. The highest BCUT2D eigenvalue weighted by atomic mass is 35.5. The molecule has 1 aliphatic heterocycles. The average Bonchev–Trinajstić information content (AvgIpc) is 3.36. The second kappa shape index (κ2) is 11.5. The summed E-state index contributed by atoms with van der Waals surface area (Å²) in [6.45, 7) is 1.32. The van der Waals surface area contributed by atoms with Crippen molar-refractivity contribution in [2.45, 2.75) is 25.5 Å². The van der Waals surface area contributed by atoms with Crippen LogP contribution in [0.5, 0.6) is 0 Å². The lowest BCUT2D eigenvalue weighted by atomic mass is 10.1. The number of ether oxygens (including phenoxy) is 1. The van der Waals surface area contributed by atoms with Gasteiger partial charge in [-0.15, -0.1) is 0 Å². The summed E-state index contributed by atoms with van der Waals surface area (Å²) in [6.07, 6.45) is 1.73. The zero-order chi connectivity index (χ0) is 25.7. The highest BCUT2D eigenvalue weighted by molar-refractivity contribution is 6.34. The standard InChI is InChI=1S/C28H29ClFN3O3/c1-32(2)26-13-12-22(31-27(34)24-10-3-4-11-25(24)29)16-20(26)17-33(18-23-9-6-14-36-23)28(35)19-7-5-8-21(30)15-19/h3-5,7-8,10-13,15-16,23H,6,9,14,17-18H2,1-2H3,(H,31,34)/t23-/m0/s1. The number of nitrogens with zero attached hydrogens (tertiary/aromatic N) is 2. The molecule has 1 atom stereocenters. The first-order chi connectivity index (χ1) is 17.3. The Morgan fingerprint density at radius 3 is 2.58 bits per heavy atom. The summed E-state index contributed by atoms with van der Waals surface area (Å²) in [4.78, 5) is 29.9. The van der Waals surface area contributed by atoms with Gasteiger partial charge in [-0.25, -0.2) is 4.39 Å². The normalized spacial score (nSPS) is 14.9. The molecule has 6 nitrogen and oxygen atoms in total. The molecule has 1 fully saturated rings. The molecular formula is C28H29ClFN3O3. The second-order valence-corrected chi connectivity index (χ2v) is 9.41. The molecule has 188 valence electrons. The maximum atomic E-state index is 13.9. The van der Waals surface area contributed by atoms with Gasteiger partial charge in [0.05, 0.1) is 16.7 Å². The van der Waals surface area contributed by atoms with Gasteiger partial charge < -0.3 is 19.9 Å². The number of anilines is 2. The van der Waals surface area contributed by atoms with Crippen LogP contribution in [0.4, 0.5) is 15.8 Å². The van der Waals surface area contributed by atoms with Crippen molar-refractivity contribution in [3.05, 3.63) is 94.3 Å². The largest absolute Gasteiger partial charge is 0.377 e. The van der Waals surface area contributed by atoms with E-state index >= 15 is 0 Å². The van der Waals surface area contributed by atoms with E-state index in [0.29, 0.717) is 29.4 Å². The topological polar surface area (TPSA) is 61.9 Å². The van der Waals surface area contributed by atoms with Crippen LogP contribution in [0.2, 0.25) is 5.02 Å². The number of carbonyl (C=O) groups excluding carboxylic acids is 2. The highest BCUT2D eigenvalue weighted by Gasteiger charge is 2.25. The summed E-state index contributed by atoms with van der Waals surface area (Å²) < 4.78 is 19.7. The molecule has 0 unspecified atom stereocenters. The van der Waals surface area contributed by atoms with Crippen LogP contribution in [0.1, 0.15) is 39.1 Å². The first-order valence-electron chi connectivity index (χ1n) is 11.8.